The lowest BCUT2D eigenvalue weighted by atomic mass is 10.1. The number of aryl methyl sites for hydroxylation is 2. The van der Waals surface area contributed by atoms with E-state index in [0.29, 0.717) is 30.2 Å². The molecular weight excluding hydrogens is 219 g/mol. The van der Waals surface area contributed by atoms with Crippen LogP contribution in [0.5, 0.6) is 0 Å². The summed E-state index contributed by atoms with van der Waals surface area (Å²) in [6.45, 7) is 2.44. The second-order valence-electron chi connectivity index (χ2n) is 3.99. The first-order valence-corrected chi connectivity index (χ1v) is 5.62. The molecule has 2 rings (SSSR count). The molecule has 1 heterocycles. The van der Waals surface area contributed by atoms with Crippen LogP contribution >= 0.6 is 0 Å². The van der Waals surface area contributed by atoms with Crippen LogP contribution in [0.3, 0.4) is 0 Å². The van der Waals surface area contributed by atoms with Gasteiger partial charge in [-0.05, 0) is 37.6 Å². The average Bonchev–Trinajstić information content (AvgIpc) is 2.75. The summed E-state index contributed by atoms with van der Waals surface area (Å²) in [6.07, 6.45) is 3.06. The lowest BCUT2D eigenvalue weighted by molar-refractivity contribution is 0.496. The minimum atomic E-state index is -0.286. The molecule has 0 atom stereocenters. The van der Waals surface area contributed by atoms with Gasteiger partial charge < -0.3 is 10.2 Å². The molecule has 0 saturated carbocycles. The van der Waals surface area contributed by atoms with Crippen LogP contribution in [-0.4, -0.2) is 11.5 Å². The van der Waals surface area contributed by atoms with Crippen LogP contribution in [-0.2, 0) is 6.42 Å². The van der Waals surface area contributed by atoms with Crippen LogP contribution in [0.25, 0.3) is 11.3 Å². The number of aromatic nitrogens is 1. The summed E-state index contributed by atoms with van der Waals surface area (Å²) in [5, 5.41) is 0. The fraction of sp³-hybridized carbons (Fsp3) is 0.308. The highest BCUT2D eigenvalue weighted by molar-refractivity contribution is 5.57. The summed E-state index contributed by atoms with van der Waals surface area (Å²) in [6, 6.07) is 5.04. The van der Waals surface area contributed by atoms with Crippen molar-refractivity contribution in [3.63, 3.8) is 0 Å². The molecule has 0 aliphatic rings. The van der Waals surface area contributed by atoms with E-state index in [-0.39, 0.29) is 5.82 Å². The maximum atomic E-state index is 13.7. The van der Waals surface area contributed by atoms with Gasteiger partial charge in [-0.2, -0.15) is 0 Å². The molecule has 0 bridgehead atoms. The van der Waals surface area contributed by atoms with E-state index in [9.17, 15) is 4.39 Å². The molecule has 2 N–H and O–H groups in total. The first kappa shape index (κ1) is 11.8. The Labute approximate surface area is 99.5 Å². The van der Waals surface area contributed by atoms with Gasteiger partial charge in [0.05, 0.1) is 11.8 Å². The highest BCUT2D eigenvalue weighted by Gasteiger charge is 2.10. The summed E-state index contributed by atoms with van der Waals surface area (Å²) in [5.74, 6) is 0.784. The molecule has 2 aromatic rings. The Morgan fingerprint density at radius 1 is 1.41 bits per heavy atom. The number of nitrogens with zero attached hydrogens (tertiary/aromatic N) is 1. The van der Waals surface area contributed by atoms with Gasteiger partial charge in [0.15, 0.2) is 11.7 Å². The molecule has 4 heteroatoms. The van der Waals surface area contributed by atoms with Gasteiger partial charge in [0.2, 0.25) is 0 Å². The third kappa shape index (κ3) is 2.71. The summed E-state index contributed by atoms with van der Waals surface area (Å²) in [7, 11) is 0. The van der Waals surface area contributed by atoms with Gasteiger partial charge >= 0.3 is 0 Å². The molecule has 1 aromatic heterocycles. The van der Waals surface area contributed by atoms with E-state index in [4.69, 9.17) is 10.2 Å². The molecule has 0 saturated heterocycles. The Kier molecular flexibility index (Phi) is 3.54. The summed E-state index contributed by atoms with van der Waals surface area (Å²) in [4.78, 5) is 4.10. The number of oxazole rings is 1. The standard InChI is InChI=1S/C13H15FN2O/c1-9-4-5-10(11(14)7-9)12-8-16-13(17-12)3-2-6-15/h4-5,7-8H,2-3,6,15H2,1H3. The van der Waals surface area contributed by atoms with E-state index in [1.807, 2.05) is 13.0 Å². The minimum absolute atomic E-state index is 0.286. The van der Waals surface area contributed by atoms with Crippen molar-refractivity contribution in [1.82, 2.24) is 4.98 Å². The number of halogens is 1. The lowest BCUT2D eigenvalue weighted by Crippen LogP contribution is -2.00. The van der Waals surface area contributed by atoms with Crippen molar-refractivity contribution < 1.29 is 8.81 Å². The zero-order chi connectivity index (χ0) is 12.3. The smallest absolute Gasteiger partial charge is 0.194 e. The number of hydrogen-bond acceptors (Lipinski definition) is 3. The van der Waals surface area contributed by atoms with E-state index in [2.05, 4.69) is 4.98 Å². The molecule has 0 aliphatic carbocycles. The molecule has 3 nitrogen and oxygen atoms in total. The van der Waals surface area contributed by atoms with Gasteiger partial charge in [0.1, 0.15) is 5.82 Å². The van der Waals surface area contributed by atoms with Gasteiger partial charge in [-0.1, -0.05) is 6.07 Å². The topological polar surface area (TPSA) is 52.0 Å². The third-order valence-electron chi connectivity index (χ3n) is 2.54. The fourth-order valence-electron chi connectivity index (χ4n) is 1.62. The Balaban J connectivity index is 2.24. The van der Waals surface area contributed by atoms with Gasteiger partial charge in [0.25, 0.3) is 0 Å². The van der Waals surface area contributed by atoms with Crippen molar-refractivity contribution in [2.75, 3.05) is 6.54 Å². The second kappa shape index (κ2) is 5.10. The highest BCUT2D eigenvalue weighted by atomic mass is 19.1. The van der Waals surface area contributed by atoms with Crippen LogP contribution in [0, 0.1) is 12.7 Å². The van der Waals surface area contributed by atoms with Crippen molar-refractivity contribution in [3.8, 4) is 11.3 Å². The van der Waals surface area contributed by atoms with Crippen molar-refractivity contribution >= 4 is 0 Å². The lowest BCUT2D eigenvalue weighted by Gasteiger charge is -2.00. The number of hydrogen-bond donors (Lipinski definition) is 1. The monoisotopic (exact) mass is 234 g/mol. The van der Waals surface area contributed by atoms with Gasteiger partial charge in [-0.15, -0.1) is 0 Å². The summed E-state index contributed by atoms with van der Waals surface area (Å²) >= 11 is 0. The van der Waals surface area contributed by atoms with Gasteiger partial charge in [-0.25, -0.2) is 9.37 Å². The van der Waals surface area contributed by atoms with Crippen LogP contribution in [0.2, 0.25) is 0 Å². The van der Waals surface area contributed by atoms with Crippen molar-refractivity contribution in [1.29, 1.82) is 0 Å². The van der Waals surface area contributed by atoms with Crippen LogP contribution in [0.1, 0.15) is 17.9 Å². The van der Waals surface area contributed by atoms with Crippen molar-refractivity contribution in [2.24, 2.45) is 5.73 Å². The van der Waals surface area contributed by atoms with Crippen LogP contribution in [0.4, 0.5) is 4.39 Å². The first-order chi connectivity index (χ1) is 8.20. The largest absolute Gasteiger partial charge is 0.441 e. The van der Waals surface area contributed by atoms with Gasteiger partial charge in [-0.3, -0.25) is 0 Å². The molecular formula is C13H15FN2O. The number of benzene rings is 1. The molecule has 0 amide bonds. The average molecular weight is 234 g/mol. The van der Waals surface area contributed by atoms with Crippen molar-refractivity contribution in [3.05, 3.63) is 41.7 Å². The Hall–Kier alpha value is -1.68. The second-order valence-corrected chi connectivity index (χ2v) is 3.99. The maximum Gasteiger partial charge on any atom is 0.194 e. The zero-order valence-electron chi connectivity index (χ0n) is 9.74. The van der Waals surface area contributed by atoms with E-state index < -0.39 is 0 Å². The molecule has 0 fully saturated rings. The molecule has 90 valence electrons. The van der Waals surface area contributed by atoms with E-state index in [1.54, 1.807) is 12.3 Å². The highest BCUT2D eigenvalue weighted by Crippen LogP contribution is 2.24. The molecule has 0 radical (unpaired) electrons. The van der Waals surface area contributed by atoms with E-state index >= 15 is 0 Å². The predicted octanol–water partition coefficient (Wildman–Crippen LogP) is 2.68. The molecule has 0 unspecified atom stereocenters. The third-order valence-corrected chi connectivity index (χ3v) is 2.54. The molecule has 1 aromatic carbocycles. The number of rotatable bonds is 4. The normalized spacial score (nSPS) is 10.8. The Morgan fingerprint density at radius 3 is 2.94 bits per heavy atom. The Morgan fingerprint density at radius 2 is 2.24 bits per heavy atom. The summed E-state index contributed by atoms with van der Waals surface area (Å²) < 4.78 is 19.2. The first-order valence-electron chi connectivity index (χ1n) is 5.62. The zero-order valence-corrected chi connectivity index (χ0v) is 9.74. The molecule has 0 aliphatic heterocycles. The van der Waals surface area contributed by atoms with Crippen molar-refractivity contribution in [2.45, 2.75) is 19.8 Å². The minimum Gasteiger partial charge on any atom is -0.441 e. The van der Waals surface area contributed by atoms with E-state index in [0.717, 1.165) is 12.0 Å². The Bertz CT molecular complexity index is 508. The number of nitrogens with two attached hydrogens (primary N) is 1. The van der Waals surface area contributed by atoms with E-state index in [1.165, 1.54) is 6.07 Å². The van der Waals surface area contributed by atoms with Gasteiger partial charge in [0, 0.05) is 6.42 Å². The summed E-state index contributed by atoms with van der Waals surface area (Å²) in [5.41, 5.74) is 6.74. The predicted molar refractivity (Wildman–Crippen MR) is 64.0 cm³/mol. The quantitative estimate of drug-likeness (QED) is 0.884. The molecule has 0 spiro atoms. The SMILES string of the molecule is Cc1ccc(-c2cnc(CCCN)o2)c(F)c1. The molecule has 17 heavy (non-hydrogen) atoms. The van der Waals surface area contributed by atoms with Crippen LogP contribution < -0.4 is 5.73 Å². The maximum absolute atomic E-state index is 13.7. The fourth-order valence-corrected chi connectivity index (χ4v) is 1.62. The van der Waals surface area contributed by atoms with Crippen LogP contribution in [0.15, 0.2) is 28.8 Å².